The number of allylic oxidation sites excluding steroid dienone is 1. The van der Waals surface area contributed by atoms with E-state index in [9.17, 15) is 9.90 Å². The molecule has 0 bridgehead atoms. The zero-order valence-corrected chi connectivity index (χ0v) is 12.9. The lowest BCUT2D eigenvalue weighted by atomic mass is 9.89. The van der Waals surface area contributed by atoms with Crippen LogP contribution in [0.3, 0.4) is 0 Å². The summed E-state index contributed by atoms with van der Waals surface area (Å²) in [4.78, 5) is 15.7. The van der Waals surface area contributed by atoms with E-state index in [-0.39, 0.29) is 12.0 Å². The average Bonchev–Trinajstić information content (AvgIpc) is 3.01. The molecule has 1 aliphatic carbocycles. The number of imidazole rings is 1. The molecule has 0 spiro atoms. The van der Waals surface area contributed by atoms with Gasteiger partial charge in [-0.25, -0.2) is 4.98 Å². The molecule has 5 nitrogen and oxygen atoms in total. The lowest BCUT2D eigenvalue weighted by Gasteiger charge is -2.26. The smallest absolute Gasteiger partial charge is 0.308 e. The van der Waals surface area contributed by atoms with Gasteiger partial charge in [0.2, 0.25) is 0 Å². The highest BCUT2D eigenvalue weighted by Crippen LogP contribution is 2.19. The van der Waals surface area contributed by atoms with Gasteiger partial charge < -0.3 is 15.0 Å². The number of hydrogen-bond acceptors (Lipinski definition) is 3. The van der Waals surface area contributed by atoms with Gasteiger partial charge in [-0.2, -0.15) is 0 Å². The van der Waals surface area contributed by atoms with Crippen LogP contribution in [0.5, 0.6) is 0 Å². The molecule has 2 aromatic rings. The lowest BCUT2D eigenvalue weighted by molar-refractivity contribution is -0.142. The van der Waals surface area contributed by atoms with E-state index in [4.69, 9.17) is 0 Å². The van der Waals surface area contributed by atoms with Crippen LogP contribution in [-0.2, 0) is 17.9 Å². The number of aromatic nitrogens is 2. The third-order valence-electron chi connectivity index (χ3n) is 4.27. The van der Waals surface area contributed by atoms with Crippen molar-refractivity contribution in [3.63, 3.8) is 0 Å². The summed E-state index contributed by atoms with van der Waals surface area (Å²) >= 11 is 0. The molecule has 5 heteroatoms. The first-order valence-corrected chi connectivity index (χ1v) is 7.89. The van der Waals surface area contributed by atoms with Crippen molar-refractivity contribution in [3.05, 3.63) is 66.3 Å². The van der Waals surface area contributed by atoms with Crippen LogP contribution < -0.4 is 5.32 Å². The fourth-order valence-corrected chi connectivity index (χ4v) is 2.97. The Kier molecular flexibility index (Phi) is 4.88. The minimum atomic E-state index is -0.737. The summed E-state index contributed by atoms with van der Waals surface area (Å²) < 4.78 is 2.09. The molecule has 120 valence electrons. The molecule has 23 heavy (non-hydrogen) atoms. The van der Waals surface area contributed by atoms with Crippen LogP contribution in [0.2, 0.25) is 0 Å². The Balaban J connectivity index is 1.64. The largest absolute Gasteiger partial charge is 0.481 e. The van der Waals surface area contributed by atoms with Gasteiger partial charge in [0.15, 0.2) is 0 Å². The maximum atomic E-state index is 11.3. The van der Waals surface area contributed by atoms with Crippen LogP contribution in [-0.4, -0.2) is 26.7 Å². The van der Waals surface area contributed by atoms with Gasteiger partial charge in [-0.3, -0.25) is 4.79 Å². The Morgan fingerprint density at radius 3 is 2.83 bits per heavy atom. The number of carboxylic acids is 1. The number of carbonyl (C=O) groups is 1. The lowest BCUT2D eigenvalue weighted by Crippen LogP contribution is -2.41. The van der Waals surface area contributed by atoms with Crippen LogP contribution in [0.1, 0.15) is 24.2 Å². The van der Waals surface area contributed by atoms with Crippen molar-refractivity contribution in [2.24, 2.45) is 5.92 Å². The van der Waals surface area contributed by atoms with Gasteiger partial charge in [-0.1, -0.05) is 42.5 Å². The Labute approximate surface area is 135 Å². The molecule has 1 aliphatic rings. The van der Waals surface area contributed by atoms with E-state index in [1.807, 2.05) is 36.5 Å². The van der Waals surface area contributed by atoms with Crippen molar-refractivity contribution in [2.75, 3.05) is 0 Å². The second-order valence-corrected chi connectivity index (χ2v) is 5.83. The molecule has 3 rings (SSSR count). The van der Waals surface area contributed by atoms with Crippen LogP contribution in [0.15, 0.2) is 54.9 Å². The van der Waals surface area contributed by atoms with Gasteiger partial charge in [-0.05, 0) is 18.4 Å². The van der Waals surface area contributed by atoms with Crippen LogP contribution >= 0.6 is 0 Å². The predicted octanol–water partition coefficient (Wildman–Crippen LogP) is 2.44. The van der Waals surface area contributed by atoms with Crippen LogP contribution in [0.4, 0.5) is 0 Å². The van der Waals surface area contributed by atoms with Gasteiger partial charge in [0.05, 0.1) is 12.5 Å². The normalized spacial score (nSPS) is 20.5. The van der Waals surface area contributed by atoms with Gasteiger partial charge >= 0.3 is 5.97 Å². The first kappa shape index (κ1) is 15.5. The third-order valence-corrected chi connectivity index (χ3v) is 4.27. The van der Waals surface area contributed by atoms with E-state index >= 15 is 0 Å². The van der Waals surface area contributed by atoms with E-state index in [1.54, 1.807) is 6.20 Å². The van der Waals surface area contributed by atoms with Crippen molar-refractivity contribution in [1.82, 2.24) is 14.9 Å². The highest BCUT2D eigenvalue weighted by molar-refractivity contribution is 5.71. The standard InChI is InChI=1S/C18H21N3O2/c22-18(23)15-8-4-5-9-16(15)20-12-17-19-10-11-21(17)13-14-6-2-1-3-7-14/h1-7,10-11,15-16,20H,8-9,12-13H2,(H,22,23)/t15-,16+/m1/s1. The van der Waals surface area contributed by atoms with Gasteiger partial charge in [-0.15, -0.1) is 0 Å². The Bertz CT molecular complexity index is 679. The number of nitrogens with zero attached hydrogens (tertiary/aromatic N) is 2. The summed E-state index contributed by atoms with van der Waals surface area (Å²) in [6.07, 6.45) is 9.08. The first-order valence-electron chi connectivity index (χ1n) is 7.89. The van der Waals surface area contributed by atoms with E-state index in [1.165, 1.54) is 5.56 Å². The van der Waals surface area contributed by atoms with Crippen molar-refractivity contribution < 1.29 is 9.90 Å². The fourth-order valence-electron chi connectivity index (χ4n) is 2.97. The molecule has 0 unspecified atom stereocenters. The van der Waals surface area contributed by atoms with Crippen molar-refractivity contribution in [2.45, 2.75) is 32.0 Å². The number of rotatable bonds is 6. The van der Waals surface area contributed by atoms with E-state index < -0.39 is 5.97 Å². The summed E-state index contributed by atoms with van der Waals surface area (Å²) in [5.74, 6) is -0.176. The topological polar surface area (TPSA) is 67.2 Å². The van der Waals surface area contributed by atoms with Gasteiger partial charge in [0.25, 0.3) is 0 Å². The van der Waals surface area contributed by atoms with Crippen LogP contribution in [0, 0.1) is 5.92 Å². The summed E-state index contributed by atoms with van der Waals surface area (Å²) in [6, 6.07) is 10.2. The quantitative estimate of drug-likeness (QED) is 0.804. The first-order chi connectivity index (χ1) is 11.2. The van der Waals surface area contributed by atoms with Crippen molar-refractivity contribution in [3.8, 4) is 0 Å². The molecule has 0 saturated carbocycles. The zero-order valence-electron chi connectivity index (χ0n) is 12.9. The molecule has 0 radical (unpaired) electrons. The monoisotopic (exact) mass is 311 g/mol. The fraction of sp³-hybridized carbons (Fsp3) is 0.333. The molecular weight excluding hydrogens is 290 g/mol. The Morgan fingerprint density at radius 1 is 1.26 bits per heavy atom. The number of carboxylic acid groups (broad SMARTS) is 1. The summed E-state index contributed by atoms with van der Waals surface area (Å²) in [7, 11) is 0. The van der Waals surface area contributed by atoms with Crippen molar-refractivity contribution in [1.29, 1.82) is 0 Å². The number of benzene rings is 1. The molecule has 0 amide bonds. The molecule has 1 aromatic carbocycles. The highest BCUT2D eigenvalue weighted by atomic mass is 16.4. The van der Waals surface area contributed by atoms with Gasteiger partial charge in [0.1, 0.15) is 5.82 Å². The molecule has 1 heterocycles. The SMILES string of the molecule is O=C(O)[C@@H]1CC=CC[C@@H]1NCc1nccn1Cc1ccccc1. The second-order valence-electron chi connectivity index (χ2n) is 5.83. The summed E-state index contributed by atoms with van der Waals surface area (Å²) in [5, 5.41) is 12.7. The highest BCUT2D eigenvalue weighted by Gasteiger charge is 2.28. The zero-order chi connectivity index (χ0) is 16.1. The maximum absolute atomic E-state index is 11.3. The molecule has 0 fully saturated rings. The van der Waals surface area contributed by atoms with Gasteiger partial charge in [0, 0.05) is 25.0 Å². The van der Waals surface area contributed by atoms with Crippen LogP contribution in [0.25, 0.3) is 0 Å². The summed E-state index contributed by atoms with van der Waals surface area (Å²) in [5.41, 5.74) is 1.22. The number of aliphatic carboxylic acids is 1. The van der Waals surface area contributed by atoms with E-state index in [0.717, 1.165) is 18.8 Å². The summed E-state index contributed by atoms with van der Waals surface area (Å²) in [6.45, 7) is 1.34. The number of nitrogens with one attached hydrogen (secondary N) is 1. The molecule has 0 saturated heterocycles. The van der Waals surface area contributed by atoms with E-state index in [2.05, 4.69) is 27.0 Å². The predicted molar refractivity (Wildman–Crippen MR) is 87.9 cm³/mol. The average molecular weight is 311 g/mol. The molecule has 1 aromatic heterocycles. The van der Waals surface area contributed by atoms with Crippen molar-refractivity contribution >= 4 is 5.97 Å². The number of hydrogen-bond donors (Lipinski definition) is 2. The minimum absolute atomic E-state index is 0.0422. The minimum Gasteiger partial charge on any atom is -0.481 e. The second kappa shape index (κ2) is 7.24. The molecule has 2 atom stereocenters. The van der Waals surface area contributed by atoms with E-state index in [0.29, 0.717) is 13.0 Å². The Morgan fingerprint density at radius 2 is 2.04 bits per heavy atom. The maximum Gasteiger partial charge on any atom is 0.308 e. The Hall–Kier alpha value is -2.40. The third kappa shape index (κ3) is 3.87. The molecule has 0 aliphatic heterocycles. The molecular formula is C18H21N3O2. The molecule has 2 N–H and O–H groups in total.